The molecule has 2 bridgehead atoms. The van der Waals surface area contributed by atoms with Gasteiger partial charge in [-0.1, -0.05) is 0 Å². The molecule has 0 N–H and O–H groups in total. The lowest BCUT2D eigenvalue weighted by molar-refractivity contribution is -0.133. The molecule has 19 heavy (non-hydrogen) atoms. The molecule has 1 aliphatic heterocycles. The van der Waals surface area contributed by atoms with Crippen molar-refractivity contribution >= 4 is 17.5 Å². The first kappa shape index (κ1) is 11.8. The van der Waals surface area contributed by atoms with Crippen molar-refractivity contribution in [2.45, 2.75) is 19.3 Å². The molecular formula is C14H11FN2O2. The first-order valence-electron chi connectivity index (χ1n) is 6.19. The Hall–Kier alpha value is -2.22. The summed E-state index contributed by atoms with van der Waals surface area (Å²) < 4.78 is 13.9. The molecule has 2 fully saturated rings. The van der Waals surface area contributed by atoms with Crippen LogP contribution in [0.1, 0.15) is 24.8 Å². The maximum Gasteiger partial charge on any atom is 0.236 e. The van der Waals surface area contributed by atoms with Gasteiger partial charge in [0, 0.05) is 11.8 Å². The molecule has 5 heteroatoms. The highest BCUT2D eigenvalue weighted by Gasteiger charge is 2.46. The molecule has 0 radical (unpaired) electrons. The molecule has 1 aliphatic carbocycles. The number of hydrogen-bond acceptors (Lipinski definition) is 3. The molecule has 2 unspecified atom stereocenters. The number of nitrogens with zero attached hydrogens (tertiary/aromatic N) is 2. The smallest absolute Gasteiger partial charge is 0.236 e. The van der Waals surface area contributed by atoms with Crippen molar-refractivity contribution in [2.24, 2.45) is 11.8 Å². The highest BCUT2D eigenvalue weighted by molar-refractivity contribution is 6.18. The lowest BCUT2D eigenvalue weighted by atomic mass is 9.96. The van der Waals surface area contributed by atoms with Gasteiger partial charge >= 0.3 is 0 Å². The summed E-state index contributed by atoms with van der Waals surface area (Å²) in [5.41, 5.74) is 0.131. The zero-order valence-corrected chi connectivity index (χ0v) is 10.1. The highest BCUT2D eigenvalue weighted by Crippen LogP contribution is 2.40. The van der Waals surface area contributed by atoms with E-state index in [-0.39, 0.29) is 34.9 Å². The monoisotopic (exact) mass is 258 g/mol. The van der Waals surface area contributed by atoms with Gasteiger partial charge in [0.05, 0.1) is 17.3 Å². The first-order valence-corrected chi connectivity index (χ1v) is 6.19. The minimum atomic E-state index is -0.706. The van der Waals surface area contributed by atoms with Gasteiger partial charge in [-0.15, -0.1) is 0 Å². The molecule has 2 aliphatic rings. The molecular weight excluding hydrogens is 247 g/mol. The van der Waals surface area contributed by atoms with Crippen molar-refractivity contribution in [2.75, 3.05) is 4.90 Å². The Kier molecular flexibility index (Phi) is 2.59. The van der Waals surface area contributed by atoms with Crippen LogP contribution in [0.4, 0.5) is 10.1 Å². The van der Waals surface area contributed by atoms with E-state index in [1.54, 1.807) is 0 Å². The fraction of sp³-hybridized carbons (Fsp3) is 0.357. The number of carbonyl (C=O) groups is 2. The van der Waals surface area contributed by atoms with Gasteiger partial charge in [0.2, 0.25) is 11.8 Å². The van der Waals surface area contributed by atoms with Crippen molar-refractivity contribution in [3.05, 3.63) is 29.6 Å². The maximum absolute atomic E-state index is 13.9. The van der Waals surface area contributed by atoms with E-state index in [4.69, 9.17) is 5.26 Å². The summed E-state index contributed by atoms with van der Waals surface area (Å²) in [7, 11) is 0. The van der Waals surface area contributed by atoms with E-state index in [1.807, 2.05) is 6.07 Å². The Morgan fingerprint density at radius 1 is 1.21 bits per heavy atom. The van der Waals surface area contributed by atoms with E-state index in [9.17, 15) is 14.0 Å². The van der Waals surface area contributed by atoms with Crippen LogP contribution < -0.4 is 4.90 Å². The molecule has 1 saturated carbocycles. The molecule has 0 spiro atoms. The van der Waals surface area contributed by atoms with E-state index >= 15 is 0 Å². The summed E-state index contributed by atoms with van der Waals surface area (Å²) in [6.07, 6.45) is 1.99. The standard InChI is InChI=1S/C14H11FN2O2/c15-11-5-8(7-16)1-4-12(11)17-13(18)9-2-3-10(6-9)14(17)19/h1,4-5,9-10H,2-3,6H2. The number of halogens is 1. The Morgan fingerprint density at radius 2 is 1.84 bits per heavy atom. The maximum atomic E-state index is 13.9. The average molecular weight is 258 g/mol. The molecule has 1 heterocycles. The topological polar surface area (TPSA) is 61.2 Å². The summed E-state index contributed by atoms with van der Waals surface area (Å²) in [6, 6.07) is 5.61. The molecule has 0 aromatic heterocycles. The lowest BCUT2D eigenvalue weighted by Crippen LogP contribution is -2.46. The largest absolute Gasteiger partial charge is 0.274 e. The predicted octanol–water partition coefficient (Wildman–Crippen LogP) is 1.99. The minimum absolute atomic E-state index is 0.0365. The van der Waals surface area contributed by atoms with Crippen molar-refractivity contribution in [3.63, 3.8) is 0 Å². The first-order chi connectivity index (χ1) is 9.11. The zero-order valence-electron chi connectivity index (χ0n) is 10.1. The Bertz CT molecular complexity index is 598. The van der Waals surface area contributed by atoms with E-state index in [1.165, 1.54) is 12.1 Å². The third-order valence-electron chi connectivity index (χ3n) is 3.89. The Labute approximate surface area is 109 Å². The lowest BCUT2D eigenvalue weighted by Gasteiger charge is -2.29. The van der Waals surface area contributed by atoms with Crippen LogP contribution in [0.5, 0.6) is 0 Å². The molecule has 1 aromatic carbocycles. The quantitative estimate of drug-likeness (QED) is 0.724. The van der Waals surface area contributed by atoms with E-state index in [2.05, 4.69) is 0 Å². The fourth-order valence-corrected chi connectivity index (χ4v) is 2.90. The predicted molar refractivity (Wildman–Crippen MR) is 64.4 cm³/mol. The molecule has 96 valence electrons. The van der Waals surface area contributed by atoms with Crippen molar-refractivity contribution < 1.29 is 14.0 Å². The third-order valence-corrected chi connectivity index (χ3v) is 3.89. The van der Waals surface area contributed by atoms with Crippen LogP contribution in [-0.4, -0.2) is 11.8 Å². The fourth-order valence-electron chi connectivity index (χ4n) is 2.90. The van der Waals surface area contributed by atoms with E-state index in [0.717, 1.165) is 11.0 Å². The molecule has 2 atom stereocenters. The number of benzene rings is 1. The van der Waals surface area contributed by atoms with Gasteiger partial charge in [0.25, 0.3) is 0 Å². The number of fused-ring (bicyclic) bond motifs is 2. The Balaban J connectivity index is 2.04. The number of hydrogen-bond donors (Lipinski definition) is 0. The number of carbonyl (C=O) groups excluding carboxylic acids is 2. The van der Waals surface area contributed by atoms with E-state index < -0.39 is 5.82 Å². The van der Waals surface area contributed by atoms with Crippen LogP contribution in [0.2, 0.25) is 0 Å². The van der Waals surface area contributed by atoms with Crippen molar-refractivity contribution in [3.8, 4) is 6.07 Å². The van der Waals surface area contributed by atoms with Crippen LogP contribution in [0.3, 0.4) is 0 Å². The van der Waals surface area contributed by atoms with Crippen LogP contribution in [-0.2, 0) is 9.59 Å². The SMILES string of the molecule is N#Cc1ccc(N2C(=O)C3CCC(C3)C2=O)c(F)c1. The summed E-state index contributed by atoms with van der Waals surface area (Å²) in [4.78, 5) is 25.3. The number of nitriles is 1. The number of rotatable bonds is 1. The molecule has 4 nitrogen and oxygen atoms in total. The van der Waals surface area contributed by atoms with Gasteiger partial charge in [-0.2, -0.15) is 5.26 Å². The number of piperidine rings is 1. The average Bonchev–Trinajstić information content (AvgIpc) is 2.85. The number of anilines is 1. The zero-order chi connectivity index (χ0) is 13.6. The normalized spacial score (nSPS) is 25.6. The molecule has 3 rings (SSSR count). The second-order valence-electron chi connectivity index (χ2n) is 5.00. The summed E-state index contributed by atoms with van der Waals surface area (Å²) in [5, 5.41) is 8.70. The summed E-state index contributed by atoms with van der Waals surface area (Å²) in [5.74, 6) is -1.68. The number of imide groups is 1. The van der Waals surface area contributed by atoms with Crippen LogP contribution in [0.15, 0.2) is 18.2 Å². The van der Waals surface area contributed by atoms with Gasteiger partial charge in [0.15, 0.2) is 0 Å². The highest BCUT2D eigenvalue weighted by atomic mass is 19.1. The summed E-state index contributed by atoms with van der Waals surface area (Å²) >= 11 is 0. The summed E-state index contributed by atoms with van der Waals surface area (Å²) in [6.45, 7) is 0. The van der Waals surface area contributed by atoms with Crippen LogP contribution in [0.25, 0.3) is 0 Å². The molecule has 2 amide bonds. The van der Waals surface area contributed by atoms with Gasteiger partial charge in [-0.25, -0.2) is 9.29 Å². The van der Waals surface area contributed by atoms with Gasteiger partial charge in [-0.3, -0.25) is 9.59 Å². The van der Waals surface area contributed by atoms with Crippen LogP contribution >= 0.6 is 0 Å². The van der Waals surface area contributed by atoms with Crippen molar-refractivity contribution in [1.82, 2.24) is 0 Å². The van der Waals surface area contributed by atoms with Gasteiger partial charge in [0.1, 0.15) is 5.82 Å². The second-order valence-corrected chi connectivity index (χ2v) is 5.00. The minimum Gasteiger partial charge on any atom is -0.274 e. The Morgan fingerprint density at radius 3 is 2.37 bits per heavy atom. The molecule has 1 saturated heterocycles. The second kappa shape index (κ2) is 4.16. The van der Waals surface area contributed by atoms with Gasteiger partial charge < -0.3 is 0 Å². The third kappa shape index (κ3) is 1.72. The number of amides is 2. The molecule has 1 aromatic rings. The van der Waals surface area contributed by atoms with Crippen molar-refractivity contribution in [1.29, 1.82) is 5.26 Å². The van der Waals surface area contributed by atoms with E-state index in [0.29, 0.717) is 19.3 Å². The van der Waals surface area contributed by atoms with Crippen LogP contribution in [0, 0.1) is 29.0 Å². The van der Waals surface area contributed by atoms with Gasteiger partial charge in [-0.05, 0) is 37.5 Å².